The van der Waals surface area contributed by atoms with Gasteiger partial charge in [0.05, 0.1) is 12.7 Å². The summed E-state index contributed by atoms with van der Waals surface area (Å²) in [5, 5.41) is 20.0. The molecule has 3 nitrogen and oxygen atoms in total. The molecule has 0 bridgehead atoms. The van der Waals surface area contributed by atoms with Gasteiger partial charge in [0.25, 0.3) is 0 Å². The molecule has 1 aliphatic rings. The molecule has 1 aromatic rings. The van der Waals surface area contributed by atoms with Crippen molar-refractivity contribution in [2.45, 2.75) is 38.0 Å². The minimum absolute atomic E-state index is 0.00362. The molecule has 110 valence electrons. The number of likely N-dealkylation sites (tertiary alicyclic amines) is 1. The lowest BCUT2D eigenvalue weighted by molar-refractivity contribution is -0.0610. The normalized spacial score (nSPS) is 31.1. The van der Waals surface area contributed by atoms with E-state index in [4.69, 9.17) is 0 Å². The molecule has 0 aliphatic carbocycles. The minimum Gasteiger partial charge on any atom is -0.395 e. The summed E-state index contributed by atoms with van der Waals surface area (Å²) in [6, 6.07) is 10.4. The van der Waals surface area contributed by atoms with Crippen molar-refractivity contribution in [3.8, 4) is 0 Å². The molecule has 0 aromatic heterocycles. The Hall–Kier alpha value is -1.16. The fourth-order valence-corrected chi connectivity index (χ4v) is 3.20. The number of rotatable bonds is 5. The van der Waals surface area contributed by atoms with E-state index in [2.05, 4.69) is 23.6 Å². The van der Waals surface area contributed by atoms with Crippen LogP contribution >= 0.6 is 0 Å². The van der Waals surface area contributed by atoms with Gasteiger partial charge in [0.15, 0.2) is 0 Å². The summed E-state index contributed by atoms with van der Waals surface area (Å²) in [4.78, 5) is 2.33. The van der Waals surface area contributed by atoms with Crippen molar-refractivity contribution in [1.29, 1.82) is 0 Å². The molecule has 1 saturated heterocycles. The first-order chi connectivity index (χ1) is 9.69. The third kappa shape index (κ3) is 3.11. The average Bonchev–Trinajstić information content (AvgIpc) is 2.49. The summed E-state index contributed by atoms with van der Waals surface area (Å²) in [6.07, 6.45) is 3.16. The highest BCUT2D eigenvalue weighted by Crippen LogP contribution is 2.37. The molecule has 1 heterocycles. The van der Waals surface area contributed by atoms with Gasteiger partial charge in [0.1, 0.15) is 0 Å². The quantitative estimate of drug-likeness (QED) is 0.811. The SMILES string of the molecule is C=CCCN1[C@H](c2ccccc2)C[C@H](O)[C@H](C)[C@@H]1CO. The highest BCUT2D eigenvalue weighted by molar-refractivity contribution is 5.20. The molecule has 4 atom stereocenters. The first-order valence-electron chi connectivity index (χ1n) is 7.39. The van der Waals surface area contributed by atoms with Crippen LogP contribution in [0.25, 0.3) is 0 Å². The summed E-state index contributed by atoms with van der Waals surface area (Å²) >= 11 is 0. The first kappa shape index (κ1) is 15.2. The van der Waals surface area contributed by atoms with E-state index < -0.39 is 0 Å². The number of piperidine rings is 1. The highest BCUT2D eigenvalue weighted by Gasteiger charge is 2.39. The van der Waals surface area contributed by atoms with Crippen molar-refractivity contribution in [3.63, 3.8) is 0 Å². The molecule has 0 radical (unpaired) electrons. The Morgan fingerprint density at radius 1 is 1.35 bits per heavy atom. The summed E-state index contributed by atoms with van der Waals surface area (Å²) in [5.41, 5.74) is 1.21. The van der Waals surface area contributed by atoms with Crippen molar-refractivity contribution in [2.75, 3.05) is 13.2 Å². The van der Waals surface area contributed by atoms with Crippen LogP contribution in [0.15, 0.2) is 43.0 Å². The zero-order valence-electron chi connectivity index (χ0n) is 12.2. The van der Waals surface area contributed by atoms with E-state index in [-0.39, 0.29) is 30.7 Å². The van der Waals surface area contributed by atoms with Gasteiger partial charge >= 0.3 is 0 Å². The molecule has 3 heteroatoms. The Balaban J connectivity index is 2.28. The van der Waals surface area contributed by atoms with Gasteiger partial charge in [-0.2, -0.15) is 0 Å². The number of aliphatic hydroxyl groups is 2. The molecule has 0 spiro atoms. The second-order valence-corrected chi connectivity index (χ2v) is 5.65. The molecule has 2 rings (SSSR count). The molecule has 1 fully saturated rings. The third-order valence-electron chi connectivity index (χ3n) is 4.47. The third-order valence-corrected chi connectivity index (χ3v) is 4.47. The topological polar surface area (TPSA) is 43.7 Å². The van der Waals surface area contributed by atoms with Crippen molar-refractivity contribution < 1.29 is 10.2 Å². The minimum atomic E-state index is -0.364. The highest BCUT2D eigenvalue weighted by atomic mass is 16.3. The van der Waals surface area contributed by atoms with E-state index in [1.54, 1.807) is 0 Å². The first-order valence-corrected chi connectivity index (χ1v) is 7.39. The van der Waals surface area contributed by atoms with E-state index in [0.29, 0.717) is 0 Å². The smallest absolute Gasteiger partial charge is 0.0599 e. The molecule has 1 aliphatic heterocycles. The van der Waals surface area contributed by atoms with Crippen LogP contribution in [0.5, 0.6) is 0 Å². The van der Waals surface area contributed by atoms with Crippen LogP contribution in [-0.4, -0.2) is 40.4 Å². The molecule has 0 amide bonds. The largest absolute Gasteiger partial charge is 0.395 e. The van der Waals surface area contributed by atoms with Crippen molar-refractivity contribution in [3.05, 3.63) is 48.6 Å². The Morgan fingerprint density at radius 2 is 2.05 bits per heavy atom. The predicted octanol–water partition coefficient (Wildman–Crippen LogP) is 2.37. The van der Waals surface area contributed by atoms with Crippen molar-refractivity contribution in [1.82, 2.24) is 4.90 Å². The van der Waals surface area contributed by atoms with Gasteiger partial charge in [-0.05, 0) is 24.3 Å². The standard InChI is InChI=1S/C17H25NO2/c1-3-4-10-18-15(14-8-6-5-7-9-14)11-17(20)13(2)16(18)12-19/h3,5-9,13,15-17,19-20H,1,4,10-12H2,2H3/t13-,15+,16+,17+/m1/s1. The Bertz CT molecular complexity index is 420. The van der Waals surface area contributed by atoms with Crippen molar-refractivity contribution >= 4 is 0 Å². The number of nitrogens with zero attached hydrogens (tertiary/aromatic N) is 1. The Labute approximate surface area is 121 Å². The molecular formula is C17H25NO2. The maximum absolute atomic E-state index is 10.3. The maximum Gasteiger partial charge on any atom is 0.0599 e. The van der Waals surface area contributed by atoms with Gasteiger partial charge in [0.2, 0.25) is 0 Å². The van der Waals surface area contributed by atoms with Gasteiger partial charge in [-0.15, -0.1) is 6.58 Å². The summed E-state index contributed by atoms with van der Waals surface area (Å²) in [5.74, 6) is 0.0878. The van der Waals surface area contributed by atoms with Crippen LogP contribution in [0.3, 0.4) is 0 Å². The average molecular weight is 275 g/mol. The van der Waals surface area contributed by atoms with Gasteiger partial charge in [-0.3, -0.25) is 4.90 Å². The Kier molecular flexibility index (Phi) is 5.35. The Morgan fingerprint density at radius 3 is 2.65 bits per heavy atom. The van der Waals surface area contributed by atoms with E-state index in [1.807, 2.05) is 31.2 Å². The fraction of sp³-hybridized carbons (Fsp3) is 0.529. The van der Waals surface area contributed by atoms with Crippen LogP contribution in [0.4, 0.5) is 0 Å². The van der Waals surface area contributed by atoms with Crippen LogP contribution in [-0.2, 0) is 0 Å². The number of aliphatic hydroxyl groups excluding tert-OH is 2. The fourth-order valence-electron chi connectivity index (χ4n) is 3.20. The lowest BCUT2D eigenvalue weighted by atomic mass is 9.82. The second kappa shape index (κ2) is 7.02. The van der Waals surface area contributed by atoms with Crippen LogP contribution < -0.4 is 0 Å². The van der Waals surface area contributed by atoms with Gasteiger partial charge in [0, 0.05) is 18.6 Å². The van der Waals surface area contributed by atoms with E-state index >= 15 is 0 Å². The van der Waals surface area contributed by atoms with E-state index in [9.17, 15) is 10.2 Å². The number of hydrogen-bond acceptors (Lipinski definition) is 3. The molecule has 20 heavy (non-hydrogen) atoms. The number of hydrogen-bond donors (Lipinski definition) is 2. The van der Waals surface area contributed by atoms with Gasteiger partial charge in [-0.1, -0.05) is 43.3 Å². The summed E-state index contributed by atoms with van der Waals surface area (Å²) in [6.45, 7) is 6.76. The molecule has 0 unspecified atom stereocenters. The molecule has 1 aromatic carbocycles. The van der Waals surface area contributed by atoms with Gasteiger partial charge < -0.3 is 10.2 Å². The second-order valence-electron chi connectivity index (χ2n) is 5.65. The summed E-state index contributed by atoms with van der Waals surface area (Å²) < 4.78 is 0. The predicted molar refractivity (Wildman–Crippen MR) is 81.4 cm³/mol. The summed E-state index contributed by atoms with van der Waals surface area (Å²) in [7, 11) is 0. The number of benzene rings is 1. The van der Waals surface area contributed by atoms with Crippen LogP contribution in [0.2, 0.25) is 0 Å². The zero-order chi connectivity index (χ0) is 14.5. The van der Waals surface area contributed by atoms with E-state index in [1.165, 1.54) is 5.56 Å². The zero-order valence-corrected chi connectivity index (χ0v) is 12.2. The monoisotopic (exact) mass is 275 g/mol. The van der Waals surface area contributed by atoms with E-state index in [0.717, 1.165) is 19.4 Å². The van der Waals surface area contributed by atoms with Crippen LogP contribution in [0, 0.1) is 5.92 Å². The molecule has 0 saturated carbocycles. The lowest BCUT2D eigenvalue weighted by Crippen LogP contribution is -2.53. The molecular weight excluding hydrogens is 250 g/mol. The van der Waals surface area contributed by atoms with Crippen molar-refractivity contribution in [2.24, 2.45) is 5.92 Å². The maximum atomic E-state index is 10.3. The molecule has 2 N–H and O–H groups in total. The lowest BCUT2D eigenvalue weighted by Gasteiger charge is -2.47. The van der Waals surface area contributed by atoms with Gasteiger partial charge in [-0.25, -0.2) is 0 Å². The van der Waals surface area contributed by atoms with Crippen LogP contribution in [0.1, 0.15) is 31.4 Å².